The molecule has 0 spiro atoms. The minimum atomic E-state index is 0.712. The van der Waals surface area contributed by atoms with Crippen molar-refractivity contribution in [3.8, 4) is 0 Å². The Labute approximate surface area is 109 Å². The zero-order valence-corrected chi connectivity index (χ0v) is 11.3. The molecule has 1 heterocycles. The number of benzene rings is 1. The SMILES string of the molecule is CC1CCCC1NCc1cn(C)c2ccccc12. The number of aromatic nitrogens is 1. The van der Waals surface area contributed by atoms with Gasteiger partial charge in [-0.15, -0.1) is 0 Å². The molecule has 0 saturated heterocycles. The zero-order valence-electron chi connectivity index (χ0n) is 11.3. The first kappa shape index (κ1) is 11.8. The molecule has 96 valence electrons. The van der Waals surface area contributed by atoms with Crippen molar-refractivity contribution in [2.45, 2.75) is 38.8 Å². The van der Waals surface area contributed by atoms with Gasteiger partial charge < -0.3 is 9.88 Å². The van der Waals surface area contributed by atoms with Crippen LogP contribution in [-0.4, -0.2) is 10.6 Å². The van der Waals surface area contributed by atoms with Gasteiger partial charge in [-0.3, -0.25) is 0 Å². The van der Waals surface area contributed by atoms with Crippen LogP contribution in [0.15, 0.2) is 30.5 Å². The summed E-state index contributed by atoms with van der Waals surface area (Å²) in [5.41, 5.74) is 2.75. The largest absolute Gasteiger partial charge is 0.350 e. The van der Waals surface area contributed by atoms with E-state index in [4.69, 9.17) is 0 Å². The number of para-hydroxylation sites is 1. The van der Waals surface area contributed by atoms with Crippen LogP contribution in [0.4, 0.5) is 0 Å². The standard InChI is InChI=1S/C16H22N2/c1-12-6-5-8-15(12)17-10-13-11-18(2)16-9-4-3-7-14(13)16/h3-4,7,9,11-12,15,17H,5-6,8,10H2,1-2H3. The van der Waals surface area contributed by atoms with Crippen molar-refractivity contribution in [3.63, 3.8) is 0 Å². The first-order valence-electron chi connectivity index (χ1n) is 7.02. The Bertz CT molecular complexity index is 541. The molecule has 1 N–H and O–H groups in total. The molecule has 18 heavy (non-hydrogen) atoms. The molecule has 0 amide bonds. The molecule has 1 aliphatic carbocycles. The van der Waals surface area contributed by atoms with E-state index >= 15 is 0 Å². The van der Waals surface area contributed by atoms with Gasteiger partial charge in [-0.1, -0.05) is 31.5 Å². The summed E-state index contributed by atoms with van der Waals surface area (Å²) in [6.45, 7) is 3.37. The molecular formula is C16H22N2. The lowest BCUT2D eigenvalue weighted by molar-refractivity contribution is 0.426. The molecule has 1 fully saturated rings. The van der Waals surface area contributed by atoms with Gasteiger partial charge in [0.05, 0.1) is 0 Å². The van der Waals surface area contributed by atoms with Crippen LogP contribution in [0.5, 0.6) is 0 Å². The molecule has 3 rings (SSSR count). The number of fused-ring (bicyclic) bond motifs is 1. The predicted octanol–water partition coefficient (Wildman–Crippen LogP) is 3.46. The van der Waals surface area contributed by atoms with E-state index in [-0.39, 0.29) is 0 Å². The summed E-state index contributed by atoms with van der Waals surface area (Å²) in [5, 5.41) is 5.13. The maximum absolute atomic E-state index is 3.74. The van der Waals surface area contributed by atoms with E-state index in [1.807, 2.05) is 0 Å². The van der Waals surface area contributed by atoms with Crippen molar-refractivity contribution in [1.29, 1.82) is 0 Å². The second-order valence-corrected chi connectivity index (χ2v) is 5.68. The molecule has 1 aromatic heterocycles. The maximum atomic E-state index is 3.74. The van der Waals surface area contributed by atoms with E-state index in [1.165, 1.54) is 35.7 Å². The summed E-state index contributed by atoms with van der Waals surface area (Å²) in [5.74, 6) is 0.833. The van der Waals surface area contributed by atoms with Crippen LogP contribution in [0, 0.1) is 5.92 Å². The first-order chi connectivity index (χ1) is 8.75. The highest BCUT2D eigenvalue weighted by Crippen LogP contribution is 2.26. The van der Waals surface area contributed by atoms with Crippen LogP contribution in [0.1, 0.15) is 31.7 Å². The molecule has 2 aromatic rings. The normalized spacial score (nSPS) is 23.9. The van der Waals surface area contributed by atoms with Crippen LogP contribution >= 0.6 is 0 Å². The van der Waals surface area contributed by atoms with Crippen LogP contribution in [0.2, 0.25) is 0 Å². The summed E-state index contributed by atoms with van der Waals surface area (Å²) in [7, 11) is 2.13. The third-order valence-corrected chi connectivity index (χ3v) is 4.40. The highest BCUT2D eigenvalue weighted by molar-refractivity contribution is 5.83. The van der Waals surface area contributed by atoms with Crippen molar-refractivity contribution >= 4 is 10.9 Å². The van der Waals surface area contributed by atoms with Crippen molar-refractivity contribution < 1.29 is 0 Å². The van der Waals surface area contributed by atoms with Gasteiger partial charge in [0.25, 0.3) is 0 Å². The average Bonchev–Trinajstić information content (AvgIpc) is 2.92. The fourth-order valence-corrected chi connectivity index (χ4v) is 3.26. The van der Waals surface area contributed by atoms with Crippen molar-refractivity contribution in [3.05, 3.63) is 36.0 Å². The fourth-order valence-electron chi connectivity index (χ4n) is 3.26. The molecule has 0 radical (unpaired) electrons. The Kier molecular flexibility index (Phi) is 3.13. The monoisotopic (exact) mass is 242 g/mol. The molecule has 2 heteroatoms. The average molecular weight is 242 g/mol. The third-order valence-electron chi connectivity index (χ3n) is 4.40. The van der Waals surface area contributed by atoms with Gasteiger partial charge in [0.15, 0.2) is 0 Å². The second-order valence-electron chi connectivity index (χ2n) is 5.68. The number of nitrogens with one attached hydrogen (secondary N) is 1. The Morgan fingerprint density at radius 1 is 1.28 bits per heavy atom. The zero-order chi connectivity index (χ0) is 12.5. The van der Waals surface area contributed by atoms with Gasteiger partial charge in [-0.25, -0.2) is 0 Å². The molecule has 2 unspecified atom stereocenters. The van der Waals surface area contributed by atoms with Crippen LogP contribution in [0.3, 0.4) is 0 Å². The second kappa shape index (κ2) is 4.77. The summed E-state index contributed by atoms with van der Waals surface area (Å²) < 4.78 is 2.23. The molecule has 2 atom stereocenters. The Balaban J connectivity index is 1.78. The van der Waals surface area contributed by atoms with Gasteiger partial charge in [-0.2, -0.15) is 0 Å². The Morgan fingerprint density at radius 3 is 2.89 bits per heavy atom. The fraction of sp³-hybridized carbons (Fsp3) is 0.500. The Morgan fingerprint density at radius 2 is 2.11 bits per heavy atom. The number of rotatable bonds is 3. The van der Waals surface area contributed by atoms with E-state index < -0.39 is 0 Å². The number of hydrogen-bond acceptors (Lipinski definition) is 1. The van der Waals surface area contributed by atoms with E-state index in [2.05, 4.69) is 54.3 Å². The minimum absolute atomic E-state index is 0.712. The molecule has 1 aromatic carbocycles. The van der Waals surface area contributed by atoms with Gasteiger partial charge >= 0.3 is 0 Å². The van der Waals surface area contributed by atoms with Gasteiger partial charge in [0, 0.05) is 36.7 Å². The number of hydrogen-bond donors (Lipinski definition) is 1. The molecular weight excluding hydrogens is 220 g/mol. The first-order valence-corrected chi connectivity index (χ1v) is 7.02. The third kappa shape index (κ3) is 2.05. The highest BCUT2D eigenvalue weighted by atomic mass is 15.0. The van der Waals surface area contributed by atoms with Crippen LogP contribution in [-0.2, 0) is 13.6 Å². The van der Waals surface area contributed by atoms with E-state index in [9.17, 15) is 0 Å². The lowest BCUT2D eigenvalue weighted by Gasteiger charge is -2.16. The lowest BCUT2D eigenvalue weighted by Crippen LogP contribution is -2.30. The Hall–Kier alpha value is -1.28. The summed E-state index contributed by atoms with van der Waals surface area (Å²) >= 11 is 0. The van der Waals surface area contributed by atoms with Crippen LogP contribution < -0.4 is 5.32 Å². The van der Waals surface area contributed by atoms with E-state index in [1.54, 1.807) is 0 Å². The van der Waals surface area contributed by atoms with Crippen molar-refractivity contribution in [2.75, 3.05) is 0 Å². The van der Waals surface area contributed by atoms with Gasteiger partial charge in [-0.05, 0) is 30.4 Å². The molecule has 0 bridgehead atoms. The molecule has 1 saturated carbocycles. The van der Waals surface area contributed by atoms with Gasteiger partial charge in [0.2, 0.25) is 0 Å². The maximum Gasteiger partial charge on any atom is 0.0481 e. The summed E-state index contributed by atoms with van der Waals surface area (Å²) in [6.07, 6.45) is 6.37. The molecule has 1 aliphatic rings. The number of aryl methyl sites for hydroxylation is 1. The van der Waals surface area contributed by atoms with Gasteiger partial charge in [0.1, 0.15) is 0 Å². The highest BCUT2D eigenvalue weighted by Gasteiger charge is 2.22. The van der Waals surface area contributed by atoms with Crippen LogP contribution in [0.25, 0.3) is 10.9 Å². The smallest absolute Gasteiger partial charge is 0.0481 e. The van der Waals surface area contributed by atoms with E-state index in [0.29, 0.717) is 6.04 Å². The van der Waals surface area contributed by atoms with E-state index in [0.717, 1.165) is 12.5 Å². The quantitative estimate of drug-likeness (QED) is 0.872. The predicted molar refractivity (Wildman–Crippen MR) is 76.6 cm³/mol. The lowest BCUT2D eigenvalue weighted by atomic mass is 10.1. The summed E-state index contributed by atoms with van der Waals surface area (Å²) in [4.78, 5) is 0. The van der Waals surface area contributed by atoms with Crippen molar-refractivity contribution in [2.24, 2.45) is 13.0 Å². The minimum Gasteiger partial charge on any atom is -0.350 e. The molecule has 0 aliphatic heterocycles. The van der Waals surface area contributed by atoms with Crippen molar-refractivity contribution in [1.82, 2.24) is 9.88 Å². The summed E-state index contributed by atoms with van der Waals surface area (Å²) in [6, 6.07) is 9.37. The topological polar surface area (TPSA) is 17.0 Å². The molecule has 2 nitrogen and oxygen atoms in total. The number of nitrogens with zero attached hydrogens (tertiary/aromatic N) is 1.